The Balaban J connectivity index is 1.75. The van der Waals surface area contributed by atoms with Gasteiger partial charge in [0.15, 0.2) is 0 Å². The molecule has 1 heterocycles. The van der Waals surface area contributed by atoms with E-state index in [9.17, 15) is 9.90 Å². The number of thioether (sulfide) groups is 1. The third kappa shape index (κ3) is 5.02. The molecule has 0 saturated carbocycles. The Hall–Kier alpha value is -1.04. The Kier molecular flexibility index (Phi) is 6.08. The van der Waals surface area contributed by atoms with Crippen LogP contribution < -0.4 is 5.32 Å². The van der Waals surface area contributed by atoms with Gasteiger partial charge < -0.3 is 15.2 Å². The molecule has 1 amide bonds. The smallest absolute Gasteiger partial charge is 0.230 e. The van der Waals surface area contributed by atoms with Crippen LogP contribution >= 0.6 is 11.8 Å². The summed E-state index contributed by atoms with van der Waals surface area (Å²) >= 11 is 1.59. The van der Waals surface area contributed by atoms with Crippen LogP contribution in [0, 0.1) is 6.92 Å². The third-order valence-electron chi connectivity index (χ3n) is 3.78. The minimum absolute atomic E-state index is 0.0111. The van der Waals surface area contributed by atoms with Gasteiger partial charge in [0, 0.05) is 19.0 Å². The third-order valence-corrected chi connectivity index (χ3v) is 4.78. The minimum atomic E-state index is -0.486. The number of aliphatic hydroxyl groups is 1. The lowest BCUT2D eigenvalue weighted by atomic mass is 9.91. The molecule has 1 aromatic carbocycles. The highest BCUT2D eigenvalue weighted by Gasteiger charge is 2.33. The van der Waals surface area contributed by atoms with Gasteiger partial charge in [0.05, 0.1) is 17.9 Å². The van der Waals surface area contributed by atoms with E-state index in [0.29, 0.717) is 31.8 Å². The summed E-state index contributed by atoms with van der Waals surface area (Å²) in [5.74, 6) is 1.22. The molecule has 0 atom stereocenters. The van der Waals surface area contributed by atoms with Crippen molar-refractivity contribution < 1.29 is 14.6 Å². The first-order valence-corrected chi connectivity index (χ1v) is 8.42. The summed E-state index contributed by atoms with van der Waals surface area (Å²) in [5.41, 5.74) is 1.98. The van der Waals surface area contributed by atoms with E-state index in [4.69, 9.17) is 4.74 Å². The van der Waals surface area contributed by atoms with Crippen molar-refractivity contribution in [1.29, 1.82) is 0 Å². The molecule has 0 spiro atoms. The molecule has 0 unspecified atom stereocenters. The van der Waals surface area contributed by atoms with Gasteiger partial charge in [-0.2, -0.15) is 0 Å². The van der Waals surface area contributed by atoms with E-state index >= 15 is 0 Å². The number of aryl methyl sites for hydroxylation is 1. The second-order valence-corrected chi connectivity index (χ2v) is 6.56. The summed E-state index contributed by atoms with van der Waals surface area (Å²) in [5, 5.41) is 12.5. The molecule has 0 radical (unpaired) electrons. The number of carbonyl (C=O) groups excluding carboxylic acids is 1. The van der Waals surface area contributed by atoms with Gasteiger partial charge in [-0.25, -0.2) is 0 Å². The van der Waals surface area contributed by atoms with E-state index < -0.39 is 5.54 Å². The zero-order chi connectivity index (χ0) is 15.1. The molecule has 116 valence electrons. The molecule has 0 aliphatic carbocycles. The summed E-state index contributed by atoms with van der Waals surface area (Å²) in [7, 11) is 0. The number of nitrogens with one attached hydrogen (secondary N) is 1. The fourth-order valence-electron chi connectivity index (χ4n) is 2.36. The molecule has 4 nitrogen and oxygen atoms in total. The number of benzene rings is 1. The van der Waals surface area contributed by atoms with Crippen LogP contribution in [0.3, 0.4) is 0 Å². The van der Waals surface area contributed by atoms with Crippen molar-refractivity contribution >= 4 is 17.7 Å². The predicted octanol–water partition coefficient (Wildman–Crippen LogP) is 1.89. The van der Waals surface area contributed by atoms with Gasteiger partial charge in [-0.3, -0.25) is 4.79 Å². The second kappa shape index (κ2) is 7.82. The summed E-state index contributed by atoms with van der Waals surface area (Å²) < 4.78 is 5.29. The van der Waals surface area contributed by atoms with Gasteiger partial charge in [-0.05, 0) is 25.3 Å². The van der Waals surface area contributed by atoms with Crippen molar-refractivity contribution in [2.75, 3.05) is 25.6 Å². The summed E-state index contributed by atoms with van der Waals surface area (Å²) in [6.45, 7) is 3.23. The van der Waals surface area contributed by atoms with Gasteiger partial charge in [-0.1, -0.05) is 29.8 Å². The van der Waals surface area contributed by atoms with Gasteiger partial charge in [0.25, 0.3) is 0 Å². The highest BCUT2D eigenvalue weighted by Crippen LogP contribution is 2.20. The second-order valence-electron chi connectivity index (χ2n) is 5.58. The lowest BCUT2D eigenvalue weighted by Crippen LogP contribution is -2.55. The molecule has 21 heavy (non-hydrogen) atoms. The number of hydrogen-bond acceptors (Lipinski definition) is 4. The van der Waals surface area contributed by atoms with Crippen molar-refractivity contribution in [3.63, 3.8) is 0 Å². The standard InChI is InChI=1S/C16H23NO3S/c1-13-2-4-14(5-3-13)10-21-11-15(19)17-16(12-18)6-8-20-9-7-16/h2-5,18H,6-12H2,1H3,(H,17,19). The molecule has 0 aromatic heterocycles. The first-order valence-electron chi connectivity index (χ1n) is 7.26. The summed E-state index contributed by atoms with van der Waals surface area (Å²) in [6.07, 6.45) is 1.36. The van der Waals surface area contributed by atoms with Crippen molar-refractivity contribution in [1.82, 2.24) is 5.32 Å². The number of amides is 1. The van der Waals surface area contributed by atoms with Crippen LogP contribution in [0.4, 0.5) is 0 Å². The maximum Gasteiger partial charge on any atom is 0.230 e. The van der Waals surface area contributed by atoms with Crippen LogP contribution in [0.25, 0.3) is 0 Å². The molecule has 1 aliphatic rings. The van der Waals surface area contributed by atoms with Gasteiger partial charge >= 0.3 is 0 Å². The SMILES string of the molecule is Cc1ccc(CSCC(=O)NC2(CO)CCOCC2)cc1. The Bertz CT molecular complexity index is 455. The van der Waals surface area contributed by atoms with Crippen LogP contribution in [-0.4, -0.2) is 42.1 Å². The van der Waals surface area contributed by atoms with Crippen molar-refractivity contribution in [3.05, 3.63) is 35.4 Å². The Morgan fingerprint density at radius 3 is 2.62 bits per heavy atom. The van der Waals surface area contributed by atoms with E-state index in [1.807, 2.05) is 0 Å². The molecular formula is C16H23NO3S. The van der Waals surface area contributed by atoms with Crippen molar-refractivity contribution in [2.45, 2.75) is 31.1 Å². The first kappa shape index (κ1) is 16.3. The highest BCUT2D eigenvalue weighted by molar-refractivity contribution is 7.99. The fourth-order valence-corrected chi connectivity index (χ4v) is 3.15. The van der Waals surface area contributed by atoms with Crippen molar-refractivity contribution in [3.8, 4) is 0 Å². The zero-order valence-corrected chi connectivity index (χ0v) is 13.2. The average Bonchev–Trinajstić information content (AvgIpc) is 2.50. The first-order chi connectivity index (χ1) is 10.1. The number of aliphatic hydroxyl groups excluding tert-OH is 1. The Morgan fingerprint density at radius 2 is 2.00 bits per heavy atom. The monoisotopic (exact) mass is 309 g/mol. The maximum absolute atomic E-state index is 12.0. The summed E-state index contributed by atoms with van der Waals surface area (Å²) in [4.78, 5) is 12.0. The molecule has 0 bridgehead atoms. The normalized spacial score (nSPS) is 17.4. The van der Waals surface area contributed by atoms with Crippen LogP contribution in [0.5, 0.6) is 0 Å². The van der Waals surface area contributed by atoms with Gasteiger partial charge in [-0.15, -0.1) is 11.8 Å². The number of rotatable bonds is 6. The minimum Gasteiger partial charge on any atom is -0.394 e. The number of carbonyl (C=O) groups is 1. The predicted molar refractivity (Wildman–Crippen MR) is 85.4 cm³/mol. The van der Waals surface area contributed by atoms with Gasteiger partial charge in [0.1, 0.15) is 0 Å². The Morgan fingerprint density at radius 1 is 1.33 bits per heavy atom. The molecule has 5 heteroatoms. The maximum atomic E-state index is 12.0. The van der Waals surface area contributed by atoms with E-state index in [0.717, 1.165) is 5.75 Å². The quantitative estimate of drug-likeness (QED) is 0.842. The van der Waals surface area contributed by atoms with Crippen LogP contribution in [0.2, 0.25) is 0 Å². The molecular weight excluding hydrogens is 286 g/mol. The Labute approximate surface area is 130 Å². The van der Waals surface area contributed by atoms with Gasteiger partial charge in [0.2, 0.25) is 5.91 Å². The van der Waals surface area contributed by atoms with Crippen molar-refractivity contribution in [2.24, 2.45) is 0 Å². The van der Waals surface area contributed by atoms with E-state index in [1.54, 1.807) is 11.8 Å². The number of ether oxygens (including phenoxy) is 1. The lowest BCUT2D eigenvalue weighted by Gasteiger charge is -2.36. The molecule has 2 N–H and O–H groups in total. The number of hydrogen-bond donors (Lipinski definition) is 2. The van der Waals surface area contributed by atoms with E-state index in [2.05, 4.69) is 36.5 Å². The molecule has 1 saturated heterocycles. The average molecular weight is 309 g/mol. The fraction of sp³-hybridized carbons (Fsp3) is 0.562. The van der Waals surface area contributed by atoms with Crippen LogP contribution in [0.1, 0.15) is 24.0 Å². The van der Waals surface area contributed by atoms with Crippen LogP contribution in [-0.2, 0) is 15.3 Å². The summed E-state index contributed by atoms with van der Waals surface area (Å²) in [6, 6.07) is 8.35. The molecule has 1 aromatic rings. The highest BCUT2D eigenvalue weighted by atomic mass is 32.2. The molecule has 2 rings (SSSR count). The van der Waals surface area contributed by atoms with Crippen LogP contribution in [0.15, 0.2) is 24.3 Å². The zero-order valence-electron chi connectivity index (χ0n) is 12.4. The molecule has 1 aliphatic heterocycles. The largest absolute Gasteiger partial charge is 0.394 e. The topological polar surface area (TPSA) is 58.6 Å². The molecule has 1 fully saturated rings. The lowest BCUT2D eigenvalue weighted by molar-refractivity contribution is -0.122. The van der Waals surface area contributed by atoms with E-state index in [-0.39, 0.29) is 12.5 Å². The van der Waals surface area contributed by atoms with E-state index in [1.165, 1.54) is 11.1 Å².